The van der Waals surface area contributed by atoms with Gasteiger partial charge in [0.2, 0.25) is 0 Å². The van der Waals surface area contributed by atoms with E-state index in [4.69, 9.17) is 9.47 Å². The maximum absolute atomic E-state index is 13.3. The minimum absolute atomic E-state index is 0.0846. The van der Waals surface area contributed by atoms with E-state index in [-0.39, 0.29) is 27.6 Å². The van der Waals surface area contributed by atoms with Gasteiger partial charge in [0.1, 0.15) is 17.4 Å². The lowest BCUT2D eigenvalue weighted by Crippen LogP contribution is -2.25. The first-order valence-corrected chi connectivity index (χ1v) is 13.0. The molecule has 0 aromatic heterocycles. The average molecular weight is 493 g/mol. The van der Waals surface area contributed by atoms with Gasteiger partial charge in [0.15, 0.2) is 0 Å². The van der Waals surface area contributed by atoms with E-state index in [2.05, 4.69) is 81.4 Å². The molecule has 0 aliphatic carbocycles. The van der Waals surface area contributed by atoms with Gasteiger partial charge in [-0.05, 0) is 57.8 Å². The molecule has 2 aromatic carbocycles. The Morgan fingerprint density at radius 3 is 1.72 bits per heavy atom. The van der Waals surface area contributed by atoms with Crippen molar-refractivity contribution in [2.24, 2.45) is 10.8 Å². The van der Waals surface area contributed by atoms with Crippen molar-refractivity contribution < 1.29 is 19.1 Å². The van der Waals surface area contributed by atoms with E-state index < -0.39 is 11.9 Å². The zero-order chi connectivity index (χ0) is 27.3. The first-order valence-electron chi connectivity index (χ1n) is 13.0. The zero-order valence-corrected chi connectivity index (χ0v) is 24.1. The van der Waals surface area contributed by atoms with E-state index in [0.717, 1.165) is 29.5 Å². The summed E-state index contributed by atoms with van der Waals surface area (Å²) in [5, 5.41) is 0. The van der Waals surface area contributed by atoms with Gasteiger partial charge < -0.3 is 9.47 Å². The molecule has 0 fully saturated rings. The van der Waals surface area contributed by atoms with Gasteiger partial charge in [-0.25, -0.2) is 0 Å². The van der Waals surface area contributed by atoms with Crippen LogP contribution >= 0.6 is 0 Å². The van der Waals surface area contributed by atoms with Gasteiger partial charge in [0.05, 0.1) is 0 Å². The number of carbonyl (C=O) groups excluding carboxylic acids is 2. The van der Waals surface area contributed by atoms with Crippen molar-refractivity contribution in [2.45, 2.75) is 106 Å². The quantitative estimate of drug-likeness (QED) is 0.302. The second-order valence-corrected chi connectivity index (χ2v) is 14.2. The van der Waals surface area contributed by atoms with Crippen molar-refractivity contribution in [2.75, 3.05) is 0 Å². The molecule has 196 valence electrons. The van der Waals surface area contributed by atoms with Gasteiger partial charge in [-0.3, -0.25) is 9.59 Å². The summed E-state index contributed by atoms with van der Waals surface area (Å²) in [6.45, 7) is 23.7. The van der Waals surface area contributed by atoms with E-state index in [9.17, 15) is 9.59 Å². The van der Waals surface area contributed by atoms with Crippen LogP contribution in [0.5, 0.6) is 11.5 Å². The Kier molecular flexibility index (Phi) is 7.27. The maximum Gasteiger partial charge on any atom is 0.323 e. The van der Waals surface area contributed by atoms with E-state index >= 15 is 0 Å². The van der Waals surface area contributed by atoms with Crippen molar-refractivity contribution >= 4 is 11.9 Å². The summed E-state index contributed by atoms with van der Waals surface area (Å²) in [7, 11) is 0. The lowest BCUT2D eigenvalue weighted by atomic mass is 9.71. The minimum Gasteiger partial charge on any atom is -0.426 e. The van der Waals surface area contributed by atoms with Crippen molar-refractivity contribution in [3.05, 3.63) is 58.7 Å². The molecule has 0 bridgehead atoms. The normalized spacial score (nSPS) is 16.5. The van der Waals surface area contributed by atoms with E-state index in [1.807, 2.05) is 24.3 Å². The summed E-state index contributed by atoms with van der Waals surface area (Å²) in [5.74, 6) is -0.412. The fraction of sp³-hybridized carbons (Fsp3) is 0.562. The number of rotatable bonds is 6. The largest absolute Gasteiger partial charge is 0.426 e. The Hall–Kier alpha value is -2.62. The number of ether oxygens (including phenoxy) is 2. The number of esters is 2. The fourth-order valence-electron chi connectivity index (χ4n) is 6.18. The summed E-state index contributed by atoms with van der Waals surface area (Å²) in [4.78, 5) is 25.2. The standard InChI is InChI=1S/C32H44O4/c1-20(33)35-25-14-12-21(31(8,9)18-29(2,3)4)16-23(25)27-24-17-22(13-15-26(24)36-28(27)34)32(10,11)19-30(5,6)7/h12-17,27H,18-19H2,1-11H3. The van der Waals surface area contributed by atoms with Gasteiger partial charge in [0, 0.05) is 18.1 Å². The Labute approximate surface area is 217 Å². The molecule has 0 radical (unpaired) electrons. The predicted octanol–water partition coefficient (Wildman–Crippen LogP) is 8.09. The highest BCUT2D eigenvalue weighted by atomic mass is 16.5. The molecule has 1 atom stereocenters. The number of benzene rings is 2. The van der Waals surface area contributed by atoms with Crippen molar-refractivity contribution in [1.82, 2.24) is 0 Å². The fourth-order valence-corrected chi connectivity index (χ4v) is 6.18. The van der Waals surface area contributed by atoms with Crippen molar-refractivity contribution in [3.63, 3.8) is 0 Å². The lowest BCUT2D eigenvalue weighted by Gasteiger charge is -2.34. The molecule has 0 amide bonds. The highest BCUT2D eigenvalue weighted by Crippen LogP contribution is 2.47. The molecular weight excluding hydrogens is 448 g/mol. The monoisotopic (exact) mass is 492 g/mol. The molecule has 1 aliphatic rings. The van der Waals surface area contributed by atoms with Crippen LogP contribution in [0.25, 0.3) is 0 Å². The first kappa shape index (κ1) is 28.0. The first-order chi connectivity index (χ1) is 16.3. The predicted molar refractivity (Wildman–Crippen MR) is 146 cm³/mol. The second kappa shape index (κ2) is 9.36. The summed E-state index contributed by atoms with van der Waals surface area (Å²) < 4.78 is 11.3. The Balaban J connectivity index is 2.16. The van der Waals surface area contributed by atoms with E-state index in [0.29, 0.717) is 17.1 Å². The summed E-state index contributed by atoms with van der Waals surface area (Å²) >= 11 is 0. The highest BCUT2D eigenvalue weighted by Gasteiger charge is 2.39. The number of carbonyl (C=O) groups is 2. The number of hydrogen-bond donors (Lipinski definition) is 0. The molecule has 4 nitrogen and oxygen atoms in total. The number of fused-ring (bicyclic) bond motifs is 1. The summed E-state index contributed by atoms with van der Waals surface area (Å²) in [6.07, 6.45) is 1.95. The topological polar surface area (TPSA) is 52.6 Å². The molecule has 0 saturated carbocycles. The third-order valence-corrected chi connectivity index (χ3v) is 6.85. The van der Waals surface area contributed by atoms with Crippen LogP contribution in [0.2, 0.25) is 0 Å². The average Bonchev–Trinajstić information content (AvgIpc) is 2.99. The van der Waals surface area contributed by atoms with Crippen LogP contribution in [0, 0.1) is 10.8 Å². The van der Waals surface area contributed by atoms with Crippen LogP contribution in [-0.4, -0.2) is 11.9 Å². The molecule has 36 heavy (non-hydrogen) atoms. The Morgan fingerprint density at radius 2 is 1.25 bits per heavy atom. The molecule has 4 heteroatoms. The third kappa shape index (κ3) is 6.38. The molecule has 3 rings (SSSR count). The zero-order valence-electron chi connectivity index (χ0n) is 24.1. The Morgan fingerprint density at radius 1 is 0.778 bits per heavy atom. The highest BCUT2D eigenvalue weighted by molar-refractivity contribution is 5.90. The number of hydrogen-bond acceptors (Lipinski definition) is 4. The minimum atomic E-state index is -0.648. The van der Waals surface area contributed by atoms with Crippen molar-refractivity contribution in [3.8, 4) is 11.5 Å². The van der Waals surface area contributed by atoms with Crippen LogP contribution in [0.3, 0.4) is 0 Å². The van der Waals surface area contributed by atoms with E-state index in [1.165, 1.54) is 6.92 Å². The second-order valence-electron chi connectivity index (χ2n) is 14.2. The molecule has 1 heterocycles. The van der Waals surface area contributed by atoms with Gasteiger partial charge >= 0.3 is 11.9 Å². The molecule has 0 N–H and O–H groups in total. The SMILES string of the molecule is CC(=O)Oc1ccc(C(C)(C)CC(C)(C)C)cc1C1C(=O)Oc2ccc(C(C)(C)CC(C)(C)C)cc21. The van der Waals surface area contributed by atoms with Gasteiger partial charge in [-0.1, -0.05) is 93.5 Å². The lowest BCUT2D eigenvalue weighted by molar-refractivity contribution is -0.134. The van der Waals surface area contributed by atoms with Crippen molar-refractivity contribution in [1.29, 1.82) is 0 Å². The maximum atomic E-state index is 13.3. The molecular formula is C32H44O4. The summed E-state index contributed by atoms with van der Waals surface area (Å²) in [5.41, 5.74) is 3.85. The smallest absolute Gasteiger partial charge is 0.323 e. The van der Waals surface area contributed by atoms with Crippen LogP contribution in [-0.2, 0) is 20.4 Å². The van der Waals surface area contributed by atoms with Gasteiger partial charge in [0.25, 0.3) is 0 Å². The molecule has 0 spiro atoms. The van der Waals surface area contributed by atoms with Crippen LogP contribution < -0.4 is 9.47 Å². The van der Waals surface area contributed by atoms with Gasteiger partial charge in [-0.2, -0.15) is 0 Å². The van der Waals surface area contributed by atoms with Crippen LogP contribution in [0.1, 0.15) is 117 Å². The Bertz CT molecular complexity index is 1160. The van der Waals surface area contributed by atoms with Crippen LogP contribution in [0.15, 0.2) is 36.4 Å². The summed E-state index contributed by atoms with van der Waals surface area (Å²) in [6, 6.07) is 12.0. The molecule has 2 aromatic rings. The van der Waals surface area contributed by atoms with Crippen LogP contribution in [0.4, 0.5) is 0 Å². The van der Waals surface area contributed by atoms with E-state index in [1.54, 1.807) is 0 Å². The molecule has 1 aliphatic heterocycles. The van der Waals surface area contributed by atoms with Gasteiger partial charge in [-0.15, -0.1) is 0 Å². The third-order valence-electron chi connectivity index (χ3n) is 6.85. The molecule has 0 saturated heterocycles. The molecule has 1 unspecified atom stereocenters.